The highest BCUT2D eigenvalue weighted by Crippen LogP contribution is 2.38. The third kappa shape index (κ3) is 5.66. The maximum absolute atomic E-state index is 12.5. The van der Waals surface area contributed by atoms with E-state index in [1.54, 1.807) is 21.3 Å². The average Bonchev–Trinajstić information content (AvgIpc) is 2.79. The number of hydrogen-bond acceptors (Lipinski definition) is 4. The molecule has 30 heavy (non-hydrogen) atoms. The number of piperidine rings is 1. The largest absolute Gasteiger partial charge is 0.493 e. The van der Waals surface area contributed by atoms with E-state index in [2.05, 4.69) is 17.4 Å². The number of likely N-dealkylation sites (tertiary alicyclic amines) is 1. The monoisotopic (exact) mass is 413 g/mol. The Morgan fingerprint density at radius 1 is 0.967 bits per heavy atom. The van der Waals surface area contributed by atoms with Gasteiger partial charge in [-0.05, 0) is 24.1 Å². The van der Waals surface area contributed by atoms with Crippen molar-refractivity contribution in [2.24, 2.45) is 5.92 Å². The van der Waals surface area contributed by atoms with E-state index in [1.165, 1.54) is 10.5 Å². The number of benzene rings is 2. The van der Waals surface area contributed by atoms with Crippen LogP contribution in [0.15, 0.2) is 42.5 Å². The summed E-state index contributed by atoms with van der Waals surface area (Å²) in [6.07, 6.45) is 2.70. The first-order valence-corrected chi connectivity index (χ1v) is 10.6. The molecule has 0 bridgehead atoms. The van der Waals surface area contributed by atoms with Crippen molar-refractivity contribution < 1.29 is 23.9 Å². The predicted molar refractivity (Wildman–Crippen MR) is 116 cm³/mol. The lowest BCUT2D eigenvalue weighted by atomic mass is 9.95. The molecular formula is C24H33N2O4+. The minimum atomic E-state index is 0.115. The van der Waals surface area contributed by atoms with Gasteiger partial charge in [0.05, 0.1) is 34.4 Å². The summed E-state index contributed by atoms with van der Waals surface area (Å²) in [7, 11) is 4.88. The van der Waals surface area contributed by atoms with E-state index in [-0.39, 0.29) is 11.8 Å². The van der Waals surface area contributed by atoms with Gasteiger partial charge in [-0.25, -0.2) is 0 Å². The summed E-state index contributed by atoms with van der Waals surface area (Å²) in [6.45, 7) is 3.53. The first-order chi connectivity index (χ1) is 14.6. The van der Waals surface area contributed by atoms with Crippen molar-refractivity contribution in [1.29, 1.82) is 0 Å². The van der Waals surface area contributed by atoms with Crippen LogP contribution >= 0.6 is 0 Å². The molecule has 2 N–H and O–H groups in total. The minimum Gasteiger partial charge on any atom is -0.493 e. The first kappa shape index (κ1) is 22.0. The Morgan fingerprint density at radius 3 is 2.17 bits per heavy atom. The fraction of sp³-hybridized carbons (Fsp3) is 0.458. The van der Waals surface area contributed by atoms with Crippen LogP contribution in [0.4, 0.5) is 0 Å². The van der Waals surface area contributed by atoms with Crippen LogP contribution in [0.25, 0.3) is 0 Å². The van der Waals surface area contributed by atoms with Gasteiger partial charge in [0.25, 0.3) is 0 Å². The molecule has 0 aliphatic carbocycles. The Kier molecular flexibility index (Phi) is 7.97. The highest BCUT2D eigenvalue weighted by Gasteiger charge is 2.27. The second-order valence-corrected chi connectivity index (χ2v) is 7.76. The van der Waals surface area contributed by atoms with Crippen LogP contribution in [0.2, 0.25) is 0 Å². The van der Waals surface area contributed by atoms with Gasteiger partial charge >= 0.3 is 0 Å². The molecule has 3 rings (SSSR count). The summed E-state index contributed by atoms with van der Waals surface area (Å²) in [5.41, 5.74) is 2.40. The molecule has 1 heterocycles. The molecule has 0 aromatic heterocycles. The molecule has 1 fully saturated rings. The lowest BCUT2D eigenvalue weighted by Crippen LogP contribution is -3.11. The molecule has 0 spiro atoms. The summed E-state index contributed by atoms with van der Waals surface area (Å²) in [5.74, 6) is 2.28. The lowest BCUT2D eigenvalue weighted by Gasteiger charge is -2.29. The summed E-state index contributed by atoms with van der Waals surface area (Å²) in [5, 5.41) is 3.11. The topological polar surface area (TPSA) is 61.2 Å². The zero-order valence-corrected chi connectivity index (χ0v) is 18.2. The number of nitrogens with one attached hydrogen (secondary N) is 2. The van der Waals surface area contributed by atoms with Gasteiger partial charge in [0.2, 0.25) is 11.7 Å². The van der Waals surface area contributed by atoms with Gasteiger partial charge in [-0.1, -0.05) is 30.3 Å². The van der Waals surface area contributed by atoms with Crippen LogP contribution in [0, 0.1) is 5.92 Å². The van der Waals surface area contributed by atoms with Crippen molar-refractivity contribution in [3.63, 3.8) is 0 Å². The highest BCUT2D eigenvalue weighted by molar-refractivity contribution is 5.78. The molecule has 6 heteroatoms. The van der Waals surface area contributed by atoms with Crippen LogP contribution in [0.3, 0.4) is 0 Å². The summed E-state index contributed by atoms with van der Waals surface area (Å²) in [6, 6.07) is 14.3. The molecule has 1 amide bonds. The van der Waals surface area contributed by atoms with E-state index in [4.69, 9.17) is 14.2 Å². The van der Waals surface area contributed by atoms with E-state index in [0.717, 1.165) is 44.5 Å². The molecule has 6 nitrogen and oxygen atoms in total. The number of carbonyl (C=O) groups is 1. The number of carbonyl (C=O) groups excluding carboxylic acids is 1. The van der Waals surface area contributed by atoms with Crippen LogP contribution in [0.1, 0.15) is 24.0 Å². The lowest BCUT2D eigenvalue weighted by molar-refractivity contribution is -0.919. The molecular weight excluding hydrogens is 380 g/mol. The van der Waals surface area contributed by atoms with Crippen molar-refractivity contribution in [3.05, 3.63) is 53.6 Å². The first-order valence-electron chi connectivity index (χ1n) is 10.6. The third-order valence-corrected chi connectivity index (χ3v) is 5.80. The molecule has 0 saturated carbocycles. The maximum Gasteiger partial charge on any atom is 0.223 e. The van der Waals surface area contributed by atoms with E-state index in [0.29, 0.717) is 23.8 Å². The number of amides is 1. The number of quaternary nitrogens is 1. The van der Waals surface area contributed by atoms with Gasteiger partial charge in [0.1, 0.15) is 6.54 Å². The van der Waals surface area contributed by atoms with Crippen LogP contribution in [-0.2, 0) is 17.8 Å². The van der Waals surface area contributed by atoms with Crippen molar-refractivity contribution in [3.8, 4) is 17.2 Å². The summed E-state index contributed by atoms with van der Waals surface area (Å²) in [4.78, 5) is 14.0. The standard InChI is InChI=1S/C24H32N2O4/c1-28-21-15-19(16-22(29-2)23(21)30-3)17-26-13-10-20(11-14-26)24(27)25-12-9-18-7-5-4-6-8-18/h4-8,15-16,20H,9-14,17H2,1-3H3,(H,25,27)/p+1. The Bertz CT molecular complexity index is 792. The van der Waals surface area contributed by atoms with Gasteiger partial charge in [0.15, 0.2) is 11.5 Å². The second-order valence-electron chi connectivity index (χ2n) is 7.76. The number of ether oxygens (including phenoxy) is 3. The van der Waals surface area contributed by atoms with Crippen LogP contribution < -0.4 is 24.4 Å². The molecule has 0 atom stereocenters. The van der Waals surface area contributed by atoms with Crippen molar-refractivity contribution in [1.82, 2.24) is 5.32 Å². The van der Waals surface area contributed by atoms with E-state index in [9.17, 15) is 4.79 Å². The maximum atomic E-state index is 12.5. The van der Waals surface area contributed by atoms with Crippen LogP contribution in [0.5, 0.6) is 17.2 Å². The predicted octanol–water partition coefficient (Wildman–Crippen LogP) is 1.87. The molecule has 1 aliphatic rings. The van der Waals surface area contributed by atoms with E-state index in [1.807, 2.05) is 30.3 Å². The molecule has 2 aromatic rings. The van der Waals surface area contributed by atoms with Gasteiger partial charge in [-0.3, -0.25) is 4.79 Å². The van der Waals surface area contributed by atoms with Crippen molar-refractivity contribution in [2.75, 3.05) is 41.0 Å². The normalized spacial score (nSPS) is 18.5. The van der Waals surface area contributed by atoms with Gasteiger partial charge in [-0.2, -0.15) is 0 Å². The van der Waals surface area contributed by atoms with Gasteiger partial charge < -0.3 is 24.4 Å². The van der Waals surface area contributed by atoms with E-state index < -0.39 is 0 Å². The van der Waals surface area contributed by atoms with Crippen molar-refractivity contribution in [2.45, 2.75) is 25.8 Å². The van der Waals surface area contributed by atoms with Gasteiger partial charge in [0, 0.05) is 30.9 Å². The molecule has 162 valence electrons. The number of hydrogen-bond donors (Lipinski definition) is 2. The smallest absolute Gasteiger partial charge is 0.223 e. The SMILES string of the molecule is COc1cc(C[NH+]2CCC(C(=O)NCCc3ccccc3)CC2)cc(OC)c1OC. The van der Waals surface area contributed by atoms with Gasteiger partial charge in [-0.15, -0.1) is 0 Å². The number of rotatable bonds is 9. The van der Waals surface area contributed by atoms with Crippen LogP contribution in [-0.4, -0.2) is 46.9 Å². The Hall–Kier alpha value is -2.73. The zero-order valence-electron chi connectivity index (χ0n) is 18.2. The molecule has 0 radical (unpaired) electrons. The molecule has 0 unspecified atom stereocenters. The van der Waals surface area contributed by atoms with Crippen molar-refractivity contribution >= 4 is 5.91 Å². The summed E-state index contributed by atoms with van der Waals surface area (Å²) >= 11 is 0. The van der Waals surface area contributed by atoms with E-state index >= 15 is 0 Å². The highest BCUT2D eigenvalue weighted by atomic mass is 16.5. The molecule has 1 aliphatic heterocycles. The summed E-state index contributed by atoms with van der Waals surface area (Å²) < 4.78 is 16.3. The second kappa shape index (κ2) is 10.9. The molecule has 1 saturated heterocycles. The fourth-order valence-electron chi connectivity index (χ4n) is 4.11. The molecule has 2 aromatic carbocycles. The average molecular weight is 414 g/mol. The Balaban J connectivity index is 1.48. The third-order valence-electron chi connectivity index (χ3n) is 5.80. The Morgan fingerprint density at radius 2 is 1.60 bits per heavy atom. The quantitative estimate of drug-likeness (QED) is 0.659. The fourth-order valence-corrected chi connectivity index (χ4v) is 4.11. The minimum absolute atomic E-state index is 0.115. The zero-order chi connectivity index (χ0) is 21.3. The Labute approximate surface area is 179 Å². The number of methoxy groups -OCH3 is 3.